The van der Waals surface area contributed by atoms with Crippen LogP contribution in [0.2, 0.25) is 0 Å². The number of rotatable bonds is 2. The maximum absolute atomic E-state index is 5.53. The van der Waals surface area contributed by atoms with Crippen LogP contribution in [-0.4, -0.2) is 39.6 Å². The second-order valence-electron chi connectivity index (χ2n) is 4.31. The van der Waals surface area contributed by atoms with Gasteiger partial charge in [0, 0.05) is 0 Å². The maximum atomic E-state index is 5.53. The topological polar surface area (TPSA) is 30.8 Å². The molecule has 1 aliphatic rings. The van der Waals surface area contributed by atoms with Crippen molar-refractivity contribution in [1.29, 1.82) is 0 Å². The Morgan fingerprint density at radius 3 is 3.06 bits per heavy atom. The summed E-state index contributed by atoms with van der Waals surface area (Å²) in [7, 11) is 1.62. The molecule has 1 unspecified atom stereocenters. The summed E-state index contributed by atoms with van der Waals surface area (Å²) in [5, 5.41) is 0. The molecule has 88 valence electrons. The molecule has 1 atom stereocenters. The molecule has 17 heavy (non-hydrogen) atoms. The van der Waals surface area contributed by atoms with E-state index in [0.717, 1.165) is 11.0 Å². The summed E-state index contributed by atoms with van der Waals surface area (Å²) in [4.78, 5) is 4.61. The first-order valence-electron chi connectivity index (χ1n) is 5.61. The van der Waals surface area contributed by atoms with Gasteiger partial charge in [-0.1, -0.05) is 0 Å². The van der Waals surface area contributed by atoms with Crippen LogP contribution in [0.4, 0.5) is 0 Å². The van der Waals surface area contributed by atoms with Crippen molar-refractivity contribution in [2.75, 3.05) is 20.3 Å². The van der Waals surface area contributed by atoms with E-state index in [1.54, 1.807) is 7.11 Å². The third-order valence-corrected chi connectivity index (χ3v) is 2.96. The van der Waals surface area contributed by atoms with E-state index in [4.69, 9.17) is 9.47 Å². The summed E-state index contributed by atoms with van der Waals surface area (Å²) in [5.74, 6) is 0.641. The van der Waals surface area contributed by atoms with Gasteiger partial charge in [-0.2, -0.15) is 0 Å². The fourth-order valence-electron chi connectivity index (χ4n) is 1.93. The number of benzene rings is 1. The molecule has 2 rings (SSSR count). The van der Waals surface area contributed by atoms with Crippen LogP contribution in [0.25, 0.3) is 0 Å². The quantitative estimate of drug-likeness (QED) is 0.700. The van der Waals surface area contributed by atoms with Gasteiger partial charge in [-0.15, -0.1) is 0 Å². The first-order chi connectivity index (χ1) is 8.18. The normalized spacial score (nSPS) is 23.8. The predicted molar refractivity (Wildman–Crippen MR) is 71.6 cm³/mol. The first-order valence-corrected chi connectivity index (χ1v) is 5.61. The zero-order valence-electron chi connectivity index (χ0n) is 10.3. The number of nitrogens with zero attached hydrogens (tertiary/aromatic N) is 1. The zero-order valence-corrected chi connectivity index (χ0v) is 10.3. The summed E-state index contributed by atoms with van der Waals surface area (Å²) in [6, 6.07) is 8.16. The first kappa shape index (κ1) is 12.1. The van der Waals surface area contributed by atoms with E-state index in [0.29, 0.717) is 19.1 Å². The fourth-order valence-corrected chi connectivity index (χ4v) is 1.93. The van der Waals surface area contributed by atoms with E-state index in [-0.39, 0.29) is 5.54 Å². The molecule has 1 aliphatic heterocycles. The summed E-state index contributed by atoms with van der Waals surface area (Å²) in [6.45, 7) is 8.68. The molecule has 3 nitrogen and oxygen atoms in total. The molecule has 1 aromatic carbocycles. The third-order valence-electron chi connectivity index (χ3n) is 2.96. The van der Waals surface area contributed by atoms with Crippen molar-refractivity contribution in [2.24, 2.45) is 4.99 Å². The number of methoxy groups -OCH3 is 1. The van der Waals surface area contributed by atoms with Crippen molar-refractivity contribution in [2.45, 2.75) is 12.5 Å². The van der Waals surface area contributed by atoms with Crippen LogP contribution in [0, 0.1) is 0 Å². The molecule has 4 heteroatoms. The Bertz CT molecular complexity index is 458. The minimum absolute atomic E-state index is 0.372. The molecule has 0 N–H and O–H groups in total. The van der Waals surface area contributed by atoms with Gasteiger partial charge in [-0.25, -0.2) is 0 Å². The SMILES string of the molecule is C=Bc1cccc(C2(C)COCC(OC)=N2)c1. The van der Waals surface area contributed by atoms with Crippen molar-refractivity contribution in [3.8, 4) is 0 Å². The molecule has 0 saturated heterocycles. The van der Waals surface area contributed by atoms with E-state index in [1.807, 2.05) is 26.0 Å². The Morgan fingerprint density at radius 2 is 2.35 bits per heavy atom. The molecule has 0 saturated carbocycles. The molecule has 0 bridgehead atoms. The molecule has 0 radical (unpaired) electrons. The van der Waals surface area contributed by atoms with Gasteiger partial charge in [0.05, 0.1) is 0 Å². The Kier molecular flexibility index (Phi) is 3.43. The van der Waals surface area contributed by atoms with E-state index in [2.05, 4.69) is 23.6 Å². The fraction of sp³-hybridized carbons (Fsp3) is 0.385. The van der Waals surface area contributed by atoms with Gasteiger partial charge in [0.15, 0.2) is 0 Å². The molecule has 0 aliphatic carbocycles. The van der Waals surface area contributed by atoms with Gasteiger partial charge in [-0.05, 0) is 0 Å². The average molecular weight is 229 g/mol. The second-order valence-corrected chi connectivity index (χ2v) is 4.31. The van der Waals surface area contributed by atoms with Gasteiger partial charge in [0.25, 0.3) is 0 Å². The Hall–Kier alpha value is -1.42. The van der Waals surface area contributed by atoms with E-state index in [9.17, 15) is 0 Å². The number of hydrogen-bond acceptors (Lipinski definition) is 3. The Balaban J connectivity index is 2.39. The molecule has 0 amide bonds. The molecule has 0 fully saturated rings. The third kappa shape index (κ3) is 2.47. The van der Waals surface area contributed by atoms with Gasteiger partial charge >= 0.3 is 102 Å². The van der Waals surface area contributed by atoms with Crippen LogP contribution in [0.15, 0.2) is 29.3 Å². The Labute approximate surface area is 102 Å². The van der Waals surface area contributed by atoms with Crippen molar-refractivity contribution in [3.05, 3.63) is 29.8 Å². The van der Waals surface area contributed by atoms with E-state index >= 15 is 0 Å². The van der Waals surface area contributed by atoms with Gasteiger partial charge < -0.3 is 0 Å². The second kappa shape index (κ2) is 4.84. The molecule has 0 aromatic heterocycles. The van der Waals surface area contributed by atoms with Crippen LogP contribution >= 0.6 is 0 Å². The van der Waals surface area contributed by atoms with Crippen LogP contribution in [-0.2, 0) is 15.0 Å². The molecule has 0 spiro atoms. The van der Waals surface area contributed by atoms with Crippen molar-refractivity contribution in [1.82, 2.24) is 0 Å². The van der Waals surface area contributed by atoms with Crippen molar-refractivity contribution in [3.63, 3.8) is 0 Å². The monoisotopic (exact) mass is 229 g/mol. The number of aliphatic imine (C=N–C) groups is 1. The molecule has 1 aromatic rings. The van der Waals surface area contributed by atoms with Gasteiger partial charge in [-0.3, -0.25) is 0 Å². The standard InChI is InChI=1S/C13H16BNO2/c1-13(9-17-8-12(15-13)16-3)10-5-4-6-11(7-10)14-2/h4-7H,2,8-9H2,1,3H3. The van der Waals surface area contributed by atoms with E-state index in [1.165, 1.54) is 0 Å². The average Bonchev–Trinajstić information content (AvgIpc) is 2.39. The van der Waals surface area contributed by atoms with Crippen molar-refractivity contribution < 1.29 is 9.47 Å². The van der Waals surface area contributed by atoms with Gasteiger partial charge in [0.2, 0.25) is 0 Å². The van der Waals surface area contributed by atoms with Crippen LogP contribution < -0.4 is 5.46 Å². The molecule has 1 heterocycles. The zero-order chi connectivity index (χ0) is 12.3. The van der Waals surface area contributed by atoms with Crippen LogP contribution in [0.3, 0.4) is 0 Å². The summed E-state index contributed by atoms with van der Waals surface area (Å²) in [5.41, 5.74) is 1.83. The minimum atomic E-state index is -0.372. The van der Waals surface area contributed by atoms with E-state index < -0.39 is 0 Å². The number of ether oxygens (including phenoxy) is 2. The Morgan fingerprint density at radius 1 is 1.53 bits per heavy atom. The molecular weight excluding hydrogens is 213 g/mol. The summed E-state index contributed by atoms with van der Waals surface area (Å²) in [6.07, 6.45) is 0. The summed E-state index contributed by atoms with van der Waals surface area (Å²) >= 11 is 0. The van der Waals surface area contributed by atoms with Gasteiger partial charge in [0.1, 0.15) is 0 Å². The molecular formula is C13H16BNO2. The van der Waals surface area contributed by atoms with Crippen molar-refractivity contribution >= 4 is 24.8 Å². The number of hydrogen-bond donors (Lipinski definition) is 0. The van der Waals surface area contributed by atoms with Crippen LogP contribution in [0.1, 0.15) is 12.5 Å². The summed E-state index contributed by atoms with van der Waals surface area (Å²) < 4.78 is 10.7. The predicted octanol–water partition coefficient (Wildman–Crippen LogP) is 0.738. The van der Waals surface area contributed by atoms with Crippen LogP contribution in [0.5, 0.6) is 0 Å².